The molecule has 1 nitrogen and oxygen atoms in total. The molecule has 1 heteroatoms. The molecule has 1 unspecified atom stereocenters. The highest BCUT2D eigenvalue weighted by Crippen LogP contribution is 2.25. The quantitative estimate of drug-likeness (QED) is 0.721. The fraction of sp³-hybridized carbons (Fsp3) is 0.400. The Morgan fingerprint density at radius 2 is 1.62 bits per heavy atom. The van der Waals surface area contributed by atoms with E-state index in [2.05, 4.69) is 80.5 Å². The van der Waals surface area contributed by atoms with Crippen LogP contribution in [0.25, 0.3) is 0 Å². The van der Waals surface area contributed by atoms with E-state index < -0.39 is 0 Å². The molecule has 0 aromatic heterocycles. The van der Waals surface area contributed by atoms with Crippen LogP contribution < -0.4 is 0 Å². The minimum Gasteiger partial charge on any atom is -0.309 e. The van der Waals surface area contributed by atoms with E-state index in [4.69, 9.17) is 0 Å². The van der Waals surface area contributed by atoms with Crippen molar-refractivity contribution in [2.45, 2.75) is 32.1 Å². The molecule has 0 fully saturated rings. The molecule has 0 aliphatic carbocycles. The second-order valence-corrected chi connectivity index (χ2v) is 6.08. The predicted octanol–water partition coefficient (Wildman–Crippen LogP) is 4.53. The van der Waals surface area contributed by atoms with E-state index in [1.54, 1.807) is 0 Å². The van der Waals surface area contributed by atoms with Crippen molar-refractivity contribution in [3.63, 3.8) is 0 Å². The third-order valence-corrected chi connectivity index (χ3v) is 4.08. The molecule has 0 radical (unpaired) electrons. The molecule has 0 spiro atoms. The third-order valence-electron chi connectivity index (χ3n) is 4.08. The van der Waals surface area contributed by atoms with Gasteiger partial charge in [-0.15, -0.1) is 0 Å². The summed E-state index contributed by atoms with van der Waals surface area (Å²) >= 11 is 0. The van der Waals surface area contributed by atoms with Crippen LogP contribution in [0.5, 0.6) is 0 Å². The van der Waals surface area contributed by atoms with Crippen molar-refractivity contribution in [1.29, 1.82) is 0 Å². The second-order valence-electron chi connectivity index (χ2n) is 6.08. The van der Waals surface area contributed by atoms with Crippen LogP contribution in [-0.2, 0) is 12.8 Å². The van der Waals surface area contributed by atoms with Gasteiger partial charge in [-0.2, -0.15) is 0 Å². The van der Waals surface area contributed by atoms with Gasteiger partial charge in [0.1, 0.15) is 0 Å². The molecule has 0 heterocycles. The minimum atomic E-state index is 0.598. The highest BCUT2D eigenvalue weighted by Gasteiger charge is 2.13. The number of hydrogen-bond donors (Lipinski definition) is 0. The molecule has 1 atom stereocenters. The highest BCUT2D eigenvalue weighted by molar-refractivity contribution is 5.28. The van der Waals surface area contributed by atoms with Crippen molar-refractivity contribution in [3.05, 3.63) is 71.3 Å². The maximum absolute atomic E-state index is 2.39. The summed E-state index contributed by atoms with van der Waals surface area (Å²) in [4.78, 5) is 2.28. The van der Waals surface area contributed by atoms with E-state index in [9.17, 15) is 0 Å². The number of hydrogen-bond acceptors (Lipinski definition) is 1. The smallest absolute Gasteiger partial charge is 0.00189 e. The first kappa shape index (κ1) is 15.8. The zero-order chi connectivity index (χ0) is 15.1. The van der Waals surface area contributed by atoms with Crippen molar-refractivity contribution >= 4 is 0 Å². The maximum atomic E-state index is 2.39. The van der Waals surface area contributed by atoms with Gasteiger partial charge < -0.3 is 4.90 Å². The first-order valence-electron chi connectivity index (χ1n) is 7.96. The summed E-state index contributed by atoms with van der Waals surface area (Å²) in [5.41, 5.74) is 4.36. The molecule has 2 aromatic carbocycles. The standard InChI is InChI=1S/C20H27N/c1-4-17-11-8-12-19(15-17)20(13-14-21(2)3)16-18-9-6-5-7-10-18/h5-12,15,20H,4,13-14,16H2,1-3H3. The van der Waals surface area contributed by atoms with Crippen LogP contribution in [0.1, 0.15) is 36.0 Å². The highest BCUT2D eigenvalue weighted by atomic mass is 15.0. The van der Waals surface area contributed by atoms with Crippen molar-refractivity contribution in [1.82, 2.24) is 4.90 Å². The van der Waals surface area contributed by atoms with Gasteiger partial charge in [-0.25, -0.2) is 0 Å². The van der Waals surface area contributed by atoms with Crippen LogP contribution in [0, 0.1) is 0 Å². The van der Waals surface area contributed by atoms with Crippen LogP contribution in [-0.4, -0.2) is 25.5 Å². The average molecular weight is 281 g/mol. The lowest BCUT2D eigenvalue weighted by atomic mass is 9.88. The zero-order valence-electron chi connectivity index (χ0n) is 13.5. The molecule has 2 rings (SSSR count). The summed E-state index contributed by atoms with van der Waals surface area (Å²) in [6, 6.07) is 20.0. The molecule has 0 saturated heterocycles. The lowest BCUT2D eigenvalue weighted by molar-refractivity contribution is 0.380. The molecule has 21 heavy (non-hydrogen) atoms. The normalized spacial score (nSPS) is 12.6. The minimum absolute atomic E-state index is 0.598. The Morgan fingerprint density at radius 3 is 2.29 bits per heavy atom. The molecular formula is C20H27N. The summed E-state index contributed by atoms with van der Waals surface area (Å²) in [5.74, 6) is 0.598. The molecule has 112 valence electrons. The summed E-state index contributed by atoms with van der Waals surface area (Å²) in [7, 11) is 4.31. The fourth-order valence-corrected chi connectivity index (χ4v) is 2.77. The van der Waals surface area contributed by atoms with Crippen LogP contribution in [0.15, 0.2) is 54.6 Å². The first-order chi connectivity index (χ1) is 10.2. The van der Waals surface area contributed by atoms with E-state index in [1.165, 1.54) is 23.1 Å². The number of nitrogens with zero attached hydrogens (tertiary/aromatic N) is 1. The van der Waals surface area contributed by atoms with Crippen LogP contribution in [0.3, 0.4) is 0 Å². The monoisotopic (exact) mass is 281 g/mol. The fourth-order valence-electron chi connectivity index (χ4n) is 2.77. The molecule has 0 bridgehead atoms. The van der Waals surface area contributed by atoms with E-state index >= 15 is 0 Å². The Bertz CT molecular complexity index is 531. The molecule has 0 saturated carbocycles. The Labute approximate surface area is 129 Å². The van der Waals surface area contributed by atoms with Gasteiger partial charge in [0.05, 0.1) is 0 Å². The molecule has 0 aliphatic heterocycles. The van der Waals surface area contributed by atoms with Crippen LogP contribution >= 0.6 is 0 Å². The van der Waals surface area contributed by atoms with E-state index in [1.807, 2.05) is 0 Å². The summed E-state index contributed by atoms with van der Waals surface area (Å²) in [5, 5.41) is 0. The number of benzene rings is 2. The second kappa shape index (κ2) is 7.99. The van der Waals surface area contributed by atoms with Gasteiger partial charge in [-0.1, -0.05) is 61.5 Å². The lowest BCUT2D eigenvalue weighted by Gasteiger charge is -2.20. The largest absolute Gasteiger partial charge is 0.309 e. The van der Waals surface area contributed by atoms with Gasteiger partial charge in [-0.3, -0.25) is 0 Å². The Morgan fingerprint density at radius 1 is 0.905 bits per heavy atom. The molecule has 0 N–H and O–H groups in total. The lowest BCUT2D eigenvalue weighted by Crippen LogP contribution is -2.17. The average Bonchev–Trinajstić information content (AvgIpc) is 2.52. The van der Waals surface area contributed by atoms with Gasteiger partial charge in [0.25, 0.3) is 0 Å². The number of aryl methyl sites for hydroxylation is 1. The van der Waals surface area contributed by atoms with Crippen LogP contribution in [0.4, 0.5) is 0 Å². The van der Waals surface area contributed by atoms with Crippen molar-refractivity contribution in [3.8, 4) is 0 Å². The van der Waals surface area contributed by atoms with Gasteiger partial charge in [0.15, 0.2) is 0 Å². The summed E-state index contributed by atoms with van der Waals surface area (Å²) in [6.45, 7) is 3.36. The van der Waals surface area contributed by atoms with Crippen molar-refractivity contribution < 1.29 is 0 Å². The SMILES string of the molecule is CCc1cccc(C(CCN(C)C)Cc2ccccc2)c1. The van der Waals surface area contributed by atoms with Crippen LogP contribution in [0.2, 0.25) is 0 Å². The first-order valence-corrected chi connectivity index (χ1v) is 7.96. The van der Waals surface area contributed by atoms with Gasteiger partial charge in [-0.05, 0) is 62.5 Å². The maximum Gasteiger partial charge on any atom is -0.00189 e. The molecular weight excluding hydrogens is 254 g/mol. The molecule has 0 aliphatic rings. The number of rotatable bonds is 7. The predicted molar refractivity (Wildman–Crippen MR) is 91.9 cm³/mol. The van der Waals surface area contributed by atoms with Gasteiger partial charge >= 0.3 is 0 Å². The summed E-state index contributed by atoms with van der Waals surface area (Å²) < 4.78 is 0. The molecule has 2 aromatic rings. The topological polar surface area (TPSA) is 3.24 Å². The van der Waals surface area contributed by atoms with Crippen molar-refractivity contribution in [2.75, 3.05) is 20.6 Å². The van der Waals surface area contributed by atoms with Gasteiger partial charge in [0, 0.05) is 0 Å². The molecule has 0 amide bonds. The van der Waals surface area contributed by atoms with Crippen molar-refractivity contribution in [2.24, 2.45) is 0 Å². The van der Waals surface area contributed by atoms with Gasteiger partial charge in [0.2, 0.25) is 0 Å². The third kappa shape index (κ3) is 5.02. The Balaban J connectivity index is 2.18. The Kier molecular flexibility index (Phi) is 6.01. The summed E-state index contributed by atoms with van der Waals surface area (Å²) in [6.07, 6.45) is 3.44. The van der Waals surface area contributed by atoms with E-state index in [0.717, 1.165) is 19.4 Å². The van der Waals surface area contributed by atoms with E-state index in [0.29, 0.717) is 5.92 Å². The van der Waals surface area contributed by atoms with E-state index in [-0.39, 0.29) is 0 Å². The Hall–Kier alpha value is -1.60. The zero-order valence-corrected chi connectivity index (χ0v) is 13.5.